The van der Waals surface area contributed by atoms with Crippen LogP contribution in [0.15, 0.2) is 36.7 Å². The molecule has 0 saturated heterocycles. The quantitative estimate of drug-likeness (QED) is 0.622. The van der Waals surface area contributed by atoms with Crippen molar-refractivity contribution in [1.29, 1.82) is 0 Å². The zero-order valence-electron chi connectivity index (χ0n) is 12.3. The molecule has 0 spiro atoms. The molecule has 1 aromatic carbocycles. The van der Waals surface area contributed by atoms with Crippen LogP contribution < -0.4 is 25.5 Å². The molecule has 0 amide bonds. The van der Waals surface area contributed by atoms with Gasteiger partial charge in [-0.15, -0.1) is 0 Å². The van der Waals surface area contributed by atoms with E-state index in [2.05, 4.69) is 10.4 Å². The average Bonchev–Trinajstić information content (AvgIpc) is 2.56. The number of pyridine rings is 1. The lowest BCUT2D eigenvalue weighted by Gasteiger charge is -2.20. The van der Waals surface area contributed by atoms with Crippen molar-refractivity contribution in [3.63, 3.8) is 0 Å². The van der Waals surface area contributed by atoms with Crippen LogP contribution in [0.1, 0.15) is 17.2 Å². The van der Waals surface area contributed by atoms with Crippen molar-refractivity contribution < 1.29 is 14.2 Å². The zero-order valence-corrected chi connectivity index (χ0v) is 12.3. The number of benzene rings is 1. The lowest BCUT2D eigenvalue weighted by molar-refractivity contribution is 0.387. The minimum absolute atomic E-state index is 0.270. The summed E-state index contributed by atoms with van der Waals surface area (Å²) in [5.41, 5.74) is 4.54. The van der Waals surface area contributed by atoms with Gasteiger partial charge in [0.1, 0.15) is 17.2 Å². The summed E-state index contributed by atoms with van der Waals surface area (Å²) in [6.45, 7) is 0. The molecule has 3 N–H and O–H groups in total. The molecule has 6 heteroatoms. The molecule has 0 radical (unpaired) electrons. The zero-order chi connectivity index (χ0) is 15.2. The molecular weight excluding hydrogens is 270 g/mol. The average molecular weight is 289 g/mol. The van der Waals surface area contributed by atoms with E-state index in [4.69, 9.17) is 20.1 Å². The van der Waals surface area contributed by atoms with Crippen LogP contribution in [0.5, 0.6) is 17.2 Å². The van der Waals surface area contributed by atoms with Gasteiger partial charge in [-0.25, -0.2) is 5.43 Å². The van der Waals surface area contributed by atoms with Gasteiger partial charge in [0, 0.05) is 17.8 Å². The molecule has 0 bridgehead atoms. The molecule has 112 valence electrons. The third-order valence-corrected chi connectivity index (χ3v) is 3.22. The maximum absolute atomic E-state index is 5.72. The molecule has 0 aliphatic carbocycles. The second-order valence-corrected chi connectivity index (χ2v) is 4.37. The van der Waals surface area contributed by atoms with Crippen LogP contribution >= 0.6 is 0 Å². The maximum atomic E-state index is 5.72. The Kier molecular flexibility index (Phi) is 4.97. The summed E-state index contributed by atoms with van der Waals surface area (Å²) in [5, 5.41) is 0. The Balaban J connectivity index is 2.45. The lowest BCUT2D eigenvalue weighted by atomic mass is 9.99. The number of nitrogens with zero attached hydrogens (tertiary/aromatic N) is 1. The maximum Gasteiger partial charge on any atom is 0.137 e. The summed E-state index contributed by atoms with van der Waals surface area (Å²) in [6.07, 6.45) is 3.37. The van der Waals surface area contributed by atoms with Crippen molar-refractivity contribution in [3.05, 3.63) is 47.8 Å². The molecule has 21 heavy (non-hydrogen) atoms. The Hall–Kier alpha value is -2.31. The van der Waals surface area contributed by atoms with Crippen molar-refractivity contribution in [2.75, 3.05) is 21.3 Å². The van der Waals surface area contributed by atoms with E-state index < -0.39 is 0 Å². The largest absolute Gasteiger partial charge is 0.497 e. The van der Waals surface area contributed by atoms with Crippen molar-refractivity contribution in [1.82, 2.24) is 10.4 Å². The molecular formula is C15H19N3O3. The first-order valence-corrected chi connectivity index (χ1v) is 6.40. The monoisotopic (exact) mass is 289 g/mol. The smallest absolute Gasteiger partial charge is 0.137 e. The fraction of sp³-hybridized carbons (Fsp3) is 0.267. The molecule has 1 aromatic heterocycles. The number of hydrogen-bond donors (Lipinski definition) is 2. The highest BCUT2D eigenvalue weighted by atomic mass is 16.5. The Morgan fingerprint density at radius 1 is 1.00 bits per heavy atom. The first-order chi connectivity index (χ1) is 10.2. The van der Waals surface area contributed by atoms with E-state index in [9.17, 15) is 0 Å². The van der Waals surface area contributed by atoms with Gasteiger partial charge in [0.2, 0.25) is 0 Å². The molecule has 0 saturated carbocycles. The number of nitrogens with one attached hydrogen (secondary N) is 1. The van der Waals surface area contributed by atoms with Crippen molar-refractivity contribution in [3.8, 4) is 17.2 Å². The Morgan fingerprint density at radius 3 is 2.38 bits per heavy atom. The first-order valence-electron chi connectivity index (χ1n) is 6.40. The second-order valence-electron chi connectivity index (χ2n) is 4.37. The van der Waals surface area contributed by atoms with E-state index >= 15 is 0 Å². The Bertz CT molecular complexity index is 604. The Morgan fingerprint density at radius 2 is 1.76 bits per heavy atom. The van der Waals surface area contributed by atoms with Crippen LogP contribution in [0, 0.1) is 0 Å². The lowest BCUT2D eigenvalue weighted by Crippen LogP contribution is -2.29. The third-order valence-electron chi connectivity index (χ3n) is 3.22. The highest BCUT2D eigenvalue weighted by Crippen LogP contribution is 2.33. The van der Waals surface area contributed by atoms with Gasteiger partial charge in [-0.3, -0.25) is 10.8 Å². The summed E-state index contributed by atoms with van der Waals surface area (Å²) < 4.78 is 15.8. The fourth-order valence-electron chi connectivity index (χ4n) is 2.13. The molecule has 1 heterocycles. The number of methoxy groups -OCH3 is 3. The molecule has 0 fully saturated rings. The van der Waals surface area contributed by atoms with Crippen LogP contribution in [-0.4, -0.2) is 26.3 Å². The normalized spacial score (nSPS) is 11.8. The molecule has 0 aliphatic rings. The number of hydrazine groups is 1. The van der Waals surface area contributed by atoms with Crippen LogP contribution in [0.4, 0.5) is 0 Å². The molecule has 1 unspecified atom stereocenters. The standard InChI is InChI=1S/C15H19N3O3/c1-19-11-4-5-13(14(7-11)21-3)15(18-16)10-6-12(20-2)9-17-8-10/h4-9,15,18H,16H2,1-3H3. The molecule has 2 aromatic rings. The highest BCUT2D eigenvalue weighted by molar-refractivity contribution is 5.46. The van der Waals surface area contributed by atoms with Gasteiger partial charge in [0.25, 0.3) is 0 Å². The minimum atomic E-state index is -0.270. The summed E-state index contributed by atoms with van der Waals surface area (Å²) >= 11 is 0. The topological polar surface area (TPSA) is 78.6 Å². The van der Waals surface area contributed by atoms with E-state index in [1.165, 1.54) is 0 Å². The summed E-state index contributed by atoms with van der Waals surface area (Å²) in [7, 11) is 4.81. The van der Waals surface area contributed by atoms with Gasteiger partial charge < -0.3 is 14.2 Å². The third kappa shape index (κ3) is 3.24. The fourth-order valence-corrected chi connectivity index (χ4v) is 2.13. The van der Waals surface area contributed by atoms with Gasteiger partial charge in [0.05, 0.1) is 33.6 Å². The van der Waals surface area contributed by atoms with Gasteiger partial charge in [-0.05, 0) is 23.8 Å². The number of hydrogen-bond acceptors (Lipinski definition) is 6. The van der Waals surface area contributed by atoms with Crippen LogP contribution in [-0.2, 0) is 0 Å². The van der Waals surface area contributed by atoms with Gasteiger partial charge in [-0.1, -0.05) is 0 Å². The van der Waals surface area contributed by atoms with E-state index in [1.54, 1.807) is 33.7 Å². The molecule has 0 aliphatic heterocycles. The van der Waals surface area contributed by atoms with Crippen molar-refractivity contribution in [2.24, 2.45) is 5.84 Å². The van der Waals surface area contributed by atoms with Crippen molar-refractivity contribution in [2.45, 2.75) is 6.04 Å². The summed E-state index contributed by atoms with van der Waals surface area (Å²) in [5.74, 6) is 7.78. The van der Waals surface area contributed by atoms with Crippen LogP contribution in [0.2, 0.25) is 0 Å². The Labute approximate surface area is 123 Å². The molecule has 2 rings (SSSR count). The summed E-state index contributed by atoms with van der Waals surface area (Å²) in [6, 6.07) is 7.18. The number of rotatable bonds is 6. The minimum Gasteiger partial charge on any atom is -0.497 e. The summed E-state index contributed by atoms with van der Waals surface area (Å²) in [4.78, 5) is 4.15. The predicted molar refractivity (Wildman–Crippen MR) is 79.5 cm³/mol. The van der Waals surface area contributed by atoms with E-state index in [1.807, 2.05) is 24.3 Å². The van der Waals surface area contributed by atoms with Crippen LogP contribution in [0.3, 0.4) is 0 Å². The number of aromatic nitrogens is 1. The van der Waals surface area contributed by atoms with Gasteiger partial charge in [-0.2, -0.15) is 0 Å². The van der Waals surface area contributed by atoms with E-state index in [-0.39, 0.29) is 6.04 Å². The van der Waals surface area contributed by atoms with Gasteiger partial charge in [0.15, 0.2) is 0 Å². The SMILES string of the molecule is COc1cncc(C(NN)c2ccc(OC)cc2OC)c1. The predicted octanol–water partition coefficient (Wildman–Crippen LogP) is 1.66. The van der Waals surface area contributed by atoms with Crippen molar-refractivity contribution >= 4 is 0 Å². The van der Waals surface area contributed by atoms with E-state index in [0.29, 0.717) is 11.5 Å². The molecule has 1 atom stereocenters. The number of nitrogens with two attached hydrogens (primary N) is 1. The molecule has 6 nitrogen and oxygen atoms in total. The van der Waals surface area contributed by atoms with E-state index in [0.717, 1.165) is 16.9 Å². The second kappa shape index (κ2) is 6.92. The van der Waals surface area contributed by atoms with Gasteiger partial charge >= 0.3 is 0 Å². The highest BCUT2D eigenvalue weighted by Gasteiger charge is 2.18. The first kappa shape index (κ1) is 15.1. The van der Waals surface area contributed by atoms with Crippen LogP contribution in [0.25, 0.3) is 0 Å². The number of ether oxygens (including phenoxy) is 3.